The second kappa shape index (κ2) is 4.52. The quantitative estimate of drug-likeness (QED) is 0.672. The number of carbonyl (C=O) groups is 1. The van der Waals surface area contributed by atoms with Crippen LogP contribution in [-0.4, -0.2) is 15.6 Å². The Morgan fingerprint density at radius 1 is 1.15 bits per heavy atom. The van der Waals surface area contributed by atoms with Crippen LogP contribution in [0.5, 0.6) is 0 Å². The van der Waals surface area contributed by atoms with E-state index in [1.807, 2.05) is 6.07 Å². The van der Waals surface area contributed by atoms with E-state index in [0.717, 1.165) is 23.7 Å². The number of halogens is 2. The first kappa shape index (κ1) is 12.5. The number of benzene rings is 2. The number of nitrogens with zero attached hydrogens (tertiary/aromatic N) is 2. The van der Waals surface area contributed by atoms with Crippen molar-refractivity contribution in [2.75, 3.05) is 0 Å². The zero-order chi connectivity index (χ0) is 14.3. The second-order valence-corrected chi connectivity index (χ2v) is 4.44. The number of para-hydroxylation sites is 1. The molecule has 0 fully saturated rings. The van der Waals surface area contributed by atoms with Gasteiger partial charge in [-0.05, 0) is 24.3 Å². The minimum Gasteiger partial charge on any atom is -0.287 e. The maximum atomic E-state index is 13.7. The summed E-state index contributed by atoms with van der Waals surface area (Å²) < 4.78 is 28.4. The Balaban J connectivity index is 2.20. The molecule has 3 nitrogen and oxygen atoms in total. The first-order chi connectivity index (χ1) is 9.58. The SMILES string of the molecule is Cn1nc(C(=O)c2cc(F)ccc2F)c2ccccc21. The van der Waals surface area contributed by atoms with Crippen LogP contribution in [0, 0.1) is 11.6 Å². The molecule has 3 aromatic rings. The molecule has 0 atom stereocenters. The molecule has 100 valence electrons. The maximum Gasteiger partial charge on any atom is 0.216 e. The van der Waals surface area contributed by atoms with Crippen LogP contribution in [0.3, 0.4) is 0 Å². The Hall–Kier alpha value is -2.56. The fourth-order valence-electron chi connectivity index (χ4n) is 2.18. The predicted molar refractivity (Wildman–Crippen MR) is 70.5 cm³/mol. The number of aryl methyl sites for hydroxylation is 1. The molecule has 0 bridgehead atoms. The van der Waals surface area contributed by atoms with Crippen LogP contribution in [-0.2, 0) is 7.05 Å². The summed E-state index contributed by atoms with van der Waals surface area (Å²) in [6.45, 7) is 0. The number of ketones is 1. The third kappa shape index (κ3) is 1.87. The van der Waals surface area contributed by atoms with Gasteiger partial charge in [0.1, 0.15) is 17.3 Å². The summed E-state index contributed by atoms with van der Waals surface area (Å²) in [5.41, 5.74) is 0.564. The molecule has 5 heteroatoms. The fraction of sp³-hybridized carbons (Fsp3) is 0.0667. The van der Waals surface area contributed by atoms with Crippen molar-refractivity contribution in [1.29, 1.82) is 0 Å². The molecule has 1 heterocycles. The number of hydrogen-bond donors (Lipinski definition) is 0. The van der Waals surface area contributed by atoms with Gasteiger partial charge < -0.3 is 0 Å². The number of aromatic nitrogens is 2. The van der Waals surface area contributed by atoms with E-state index in [0.29, 0.717) is 5.39 Å². The van der Waals surface area contributed by atoms with E-state index < -0.39 is 17.4 Å². The van der Waals surface area contributed by atoms with Crippen LogP contribution >= 0.6 is 0 Å². The van der Waals surface area contributed by atoms with E-state index >= 15 is 0 Å². The maximum absolute atomic E-state index is 13.7. The minimum atomic E-state index is -0.758. The van der Waals surface area contributed by atoms with Gasteiger partial charge in [-0.25, -0.2) is 8.78 Å². The standard InChI is InChI=1S/C15H10F2N2O/c1-19-13-5-3-2-4-10(13)14(18-19)15(20)11-8-9(16)6-7-12(11)17/h2-8H,1H3. The molecule has 3 rings (SSSR count). The van der Waals surface area contributed by atoms with E-state index in [2.05, 4.69) is 5.10 Å². The predicted octanol–water partition coefficient (Wildman–Crippen LogP) is 3.08. The van der Waals surface area contributed by atoms with E-state index in [4.69, 9.17) is 0 Å². The van der Waals surface area contributed by atoms with Crippen molar-refractivity contribution in [2.24, 2.45) is 7.05 Å². The molecule has 0 spiro atoms. The number of rotatable bonds is 2. The highest BCUT2D eigenvalue weighted by atomic mass is 19.1. The Morgan fingerprint density at radius 3 is 2.70 bits per heavy atom. The average Bonchev–Trinajstić information content (AvgIpc) is 2.79. The monoisotopic (exact) mass is 272 g/mol. The van der Waals surface area contributed by atoms with Gasteiger partial charge in [0.2, 0.25) is 5.78 Å². The smallest absolute Gasteiger partial charge is 0.216 e. The van der Waals surface area contributed by atoms with Crippen molar-refractivity contribution in [3.63, 3.8) is 0 Å². The second-order valence-electron chi connectivity index (χ2n) is 4.44. The zero-order valence-corrected chi connectivity index (χ0v) is 10.6. The van der Waals surface area contributed by atoms with Crippen LogP contribution in [0.15, 0.2) is 42.5 Å². The zero-order valence-electron chi connectivity index (χ0n) is 10.6. The van der Waals surface area contributed by atoms with E-state index in [9.17, 15) is 13.6 Å². The summed E-state index contributed by atoms with van der Waals surface area (Å²) in [7, 11) is 1.70. The molecule has 1 aromatic heterocycles. The highest BCUT2D eigenvalue weighted by Gasteiger charge is 2.20. The molecule has 0 aliphatic rings. The van der Waals surface area contributed by atoms with Gasteiger partial charge >= 0.3 is 0 Å². The van der Waals surface area contributed by atoms with Gasteiger partial charge in [0, 0.05) is 12.4 Å². The molecular weight excluding hydrogens is 262 g/mol. The van der Waals surface area contributed by atoms with Gasteiger partial charge in [0.15, 0.2) is 0 Å². The van der Waals surface area contributed by atoms with E-state index in [-0.39, 0.29) is 11.3 Å². The molecule has 20 heavy (non-hydrogen) atoms. The topological polar surface area (TPSA) is 34.9 Å². The molecule has 0 unspecified atom stereocenters. The molecule has 0 amide bonds. The van der Waals surface area contributed by atoms with Crippen molar-refractivity contribution in [3.8, 4) is 0 Å². The third-order valence-electron chi connectivity index (χ3n) is 3.15. The number of carbonyl (C=O) groups excluding carboxylic acids is 1. The number of fused-ring (bicyclic) bond motifs is 1. The Labute approximate surface area is 113 Å². The van der Waals surface area contributed by atoms with Gasteiger partial charge in [-0.1, -0.05) is 18.2 Å². The van der Waals surface area contributed by atoms with Gasteiger partial charge in [-0.15, -0.1) is 0 Å². The van der Waals surface area contributed by atoms with Crippen molar-refractivity contribution >= 4 is 16.7 Å². The summed E-state index contributed by atoms with van der Waals surface area (Å²) in [6.07, 6.45) is 0. The van der Waals surface area contributed by atoms with Crippen molar-refractivity contribution in [2.45, 2.75) is 0 Å². The normalized spacial score (nSPS) is 10.9. The first-order valence-electron chi connectivity index (χ1n) is 5.99. The van der Waals surface area contributed by atoms with Crippen molar-refractivity contribution in [1.82, 2.24) is 9.78 Å². The fourth-order valence-corrected chi connectivity index (χ4v) is 2.18. The Bertz CT molecular complexity index is 824. The summed E-state index contributed by atoms with van der Waals surface area (Å²) in [5, 5.41) is 4.73. The minimum absolute atomic E-state index is 0.118. The lowest BCUT2D eigenvalue weighted by atomic mass is 10.0. The number of hydrogen-bond acceptors (Lipinski definition) is 2. The van der Waals surface area contributed by atoms with Gasteiger partial charge in [-0.3, -0.25) is 9.48 Å². The van der Waals surface area contributed by atoms with Crippen LogP contribution in [0.25, 0.3) is 10.9 Å². The third-order valence-corrected chi connectivity index (χ3v) is 3.15. The van der Waals surface area contributed by atoms with Gasteiger partial charge in [0.25, 0.3) is 0 Å². The molecule has 0 aliphatic heterocycles. The van der Waals surface area contributed by atoms with E-state index in [1.165, 1.54) is 0 Å². The summed E-state index contributed by atoms with van der Waals surface area (Å²) >= 11 is 0. The average molecular weight is 272 g/mol. The molecule has 2 aromatic carbocycles. The Morgan fingerprint density at radius 2 is 1.90 bits per heavy atom. The lowest BCUT2D eigenvalue weighted by Crippen LogP contribution is -2.07. The van der Waals surface area contributed by atoms with E-state index in [1.54, 1.807) is 29.9 Å². The Kier molecular flexibility index (Phi) is 2.82. The van der Waals surface area contributed by atoms with Crippen LogP contribution in [0.2, 0.25) is 0 Å². The van der Waals surface area contributed by atoms with Gasteiger partial charge in [0.05, 0.1) is 11.1 Å². The van der Waals surface area contributed by atoms with Crippen molar-refractivity contribution in [3.05, 3.63) is 65.4 Å². The summed E-state index contributed by atoms with van der Waals surface area (Å²) in [5.74, 6) is -2.04. The van der Waals surface area contributed by atoms with Crippen LogP contribution < -0.4 is 0 Å². The molecule has 0 radical (unpaired) electrons. The molecule has 0 saturated carbocycles. The van der Waals surface area contributed by atoms with Crippen molar-refractivity contribution < 1.29 is 13.6 Å². The first-order valence-corrected chi connectivity index (χ1v) is 5.99. The molecule has 0 N–H and O–H groups in total. The highest BCUT2D eigenvalue weighted by Crippen LogP contribution is 2.22. The lowest BCUT2D eigenvalue weighted by Gasteiger charge is -2.00. The molecule has 0 saturated heterocycles. The van der Waals surface area contributed by atoms with Gasteiger partial charge in [-0.2, -0.15) is 5.10 Å². The van der Waals surface area contributed by atoms with Crippen LogP contribution in [0.4, 0.5) is 8.78 Å². The molecular formula is C15H10F2N2O. The highest BCUT2D eigenvalue weighted by molar-refractivity contribution is 6.14. The summed E-state index contributed by atoms with van der Waals surface area (Å²) in [4.78, 5) is 12.4. The van der Waals surface area contributed by atoms with Crippen LogP contribution in [0.1, 0.15) is 16.1 Å². The largest absolute Gasteiger partial charge is 0.287 e. The summed E-state index contributed by atoms with van der Waals surface area (Å²) in [6, 6.07) is 9.93. The molecule has 0 aliphatic carbocycles. The lowest BCUT2D eigenvalue weighted by molar-refractivity contribution is 0.103.